The van der Waals surface area contributed by atoms with E-state index in [1.807, 2.05) is 0 Å². The lowest BCUT2D eigenvalue weighted by Gasteiger charge is -1.62. The highest BCUT2D eigenvalue weighted by Crippen LogP contribution is 1.25. The molecule has 4 heteroatoms. The van der Waals surface area contributed by atoms with E-state index in [1.165, 1.54) is 0 Å². The van der Waals surface area contributed by atoms with Crippen LogP contribution in [0.25, 0.3) is 0 Å². The van der Waals surface area contributed by atoms with Crippen LogP contribution in [0.4, 0.5) is 4.79 Å². The van der Waals surface area contributed by atoms with Gasteiger partial charge in [-0.25, -0.2) is 4.79 Å². The summed E-state index contributed by atoms with van der Waals surface area (Å²) in [6.07, 6.45) is 0. The second kappa shape index (κ2) is 20.2. The highest BCUT2D eigenvalue weighted by molar-refractivity contribution is 5.69. The summed E-state index contributed by atoms with van der Waals surface area (Å²) in [6, 6.07) is -0.833. The fraction of sp³-hybridized carbons (Fsp3) is 0. The third-order valence-electron chi connectivity index (χ3n) is 0. The Labute approximate surface area is 42.1 Å². The molecule has 7 heavy (non-hydrogen) atoms. The minimum absolute atomic E-state index is 0. The van der Waals surface area contributed by atoms with Crippen LogP contribution < -0.4 is 11.5 Å². The molecular weight excluding hydrogens is 96.0 g/mol. The Morgan fingerprint density at radius 1 is 1.29 bits per heavy atom. The summed E-state index contributed by atoms with van der Waals surface area (Å²) in [6.45, 7) is 6.00. The van der Waals surface area contributed by atoms with Gasteiger partial charge in [0.15, 0.2) is 0 Å². The molecule has 0 aromatic carbocycles. The van der Waals surface area contributed by atoms with Gasteiger partial charge in [-0.15, -0.1) is 13.2 Å². The van der Waals surface area contributed by atoms with Gasteiger partial charge in [0.05, 0.1) is 0 Å². The Morgan fingerprint density at radius 2 is 1.29 bits per heavy atom. The first-order valence-electron chi connectivity index (χ1n) is 1.28. The fourth-order valence-electron chi connectivity index (χ4n) is 0. The van der Waals surface area contributed by atoms with Crippen molar-refractivity contribution in [1.82, 2.24) is 0 Å². The standard InChI is InChI=1S/C2H4.CH4N2O.H2O/c1-2;2-1(3)4;/h1-2H2;(H4,2,3,4);1H2. The Bertz CT molecular complexity index is 42.2. The largest absolute Gasteiger partial charge is 0.412 e. The van der Waals surface area contributed by atoms with Gasteiger partial charge < -0.3 is 16.9 Å². The zero-order valence-corrected chi connectivity index (χ0v) is 3.98. The number of amides is 2. The van der Waals surface area contributed by atoms with Crippen molar-refractivity contribution < 1.29 is 10.3 Å². The highest BCUT2D eigenvalue weighted by atomic mass is 16.2. The second-order valence-electron chi connectivity index (χ2n) is 0.402. The van der Waals surface area contributed by atoms with Crippen molar-refractivity contribution >= 4 is 6.03 Å². The number of hydrogen-bond donors (Lipinski definition) is 2. The Morgan fingerprint density at radius 3 is 1.29 bits per heavy atom. The minimum atomic E-state index is -0.833. The molecule has 0 aromatic heterocycles. The van der Waals surface area contributed by atoms with Crippen LogP contribution in [-0.4, -0.2) is 11.5 Å². The Balaban J connectivity index is -0.0000000480. The monoisotopic (exact) mass is 106 g/mol. The molecule has 4 nitrogen and oxygen atoms in total. The first kappa shape index (κ1) is 16.7. The molecule has 44 valence electrons. The fourth-order valence-corrected chi connectivity index (χ4v) is 0. The van der Waals surface area contributed by atoms with Crippen LogP contribution in [-0.2, 0) is 0 Å². The molecule has 0 rings (SSSR count). The Kier molecular flexibility index (Phi) is 48.2. The van der Waals surface area contributed by atoms with Crippen LogP contribution in [0.2, 0.25) is 0 Å². The van der Waals surface area contributed by atoms with Crippen molar-refractivity contribution in [3.8, 4) is 0 Å². The number of nitrogens with two attached hydrogens (primary N) is 2. The molecule has 0 aliphatic heterocycles. The lowest BCUT2D eigenvalue weighted by molar-refractivity contribution is 0.256. The van der Waals surface area contributed by atoms with Crippen LogP contribution in [0.3, 0.4) is 0 Å². The summed E-state index contributed by atoms with van der Waals surface area (Å²) in [5.74, 6) is 0. The number of hydrogen-bond acceptors (Lipinski definition) is 1. The lowest BCUT2D eigenvalue weighted by Crippen LogP contribution is -2.18. The lowest BCUT2D eigenvalue weighted by atomic mass is 11.2. The average molecular weight is 106 g/mol. The molecular formula is C3H10N2O2. The van der Waals surface area contributed by atoms with Crippen molar-refractivity contribution in [2.45, 2.75) is 0 Å². The van der Waals surface area contributed by atoms with E-state index in [0.717, 1.165) is 0 Å². The van der Waals surface area contributed by atoms with Crippen LogP contribution in [0, 0.1) is 0 Å². The van der Waals surface area contributed by atoms with E-state index in [0.29, 0.717) is 0 Å². The molecule has 0 spiro atoms. The molecule has 0 unspecified atom stereocenters. The van der Waals surface area contributed by atoms with Crippen LogP contribution in [0.5, 0.6) is 0 Å². The van der Waals surface area contributed by atoms with E-state index < -0.39 is 6.03 Å². The van der Waals surface area contributed by atoms with Crippen LogP contribution in [0.15, 0.2) is 13.2 Å². The summed E-state index contributed by atoms with van der Waals surface area (Å²) in [5, 5.41) is 0. The average Bonchev–Trinajstić information content (AvgIpc) is 1.41. The first-order chi connectivity index (χ1) is 2.73. The van der Waals surface area contributed by atoms with E-state index in [1.54, 1.807) is 0 Å². The summed E-state index contributed by atoms with van der Waals surface area (Å²) >= 11 is 0. The van der Waals surface area contributed by atoms with Gasteiger partial charge in [-0.05, 0) is 0 Å². The van der Waals surface area contributed by atoms with Crippen molar-refractivity contribution in [1.29, 1.82) is 0 Å². The molecule has 0 saturated carbocycles. The molecule has 0 fully saturated rings. The maximum Gasteiger partial charge on any atom is 0.309 e. The summed E-state index contributed by atoms with van der Waals surface area (Å²) in [5.41, 5.74) is 8.50. The van der Waals surface area contributed by atoms with E-state index >= 15 is 0 Å². The van der Waals surface area contributed by atoms with Gasteiger partial charge in [-0.1, -0.05) is 0 Å². The van der Waals surface area contributed by atoms with E-state index in [-0.39, 0.29) is 5.48 Å². The zero-order chi connectivity index (χ0) is 5.58. The second-order valence-corrected chi connectivity index (χ2v) is 0.402. The molecule has 0 bridgehead atoms. The van der Waals surface area contributed by atoms with Gasteiger partial charge in [-0.3, -0.25) is 0 Å². The smallest absolute Gasteiger partial charge is 0.309 e. The van der Waals surface area contributed by atoms with Crippen molar-refractivity contribution in [3.63, 3.8) is 0 Å². The number of rotatable bonds is 0. The number of primary amides is 2. The molecule has 0 aliphatic carbocycles. The van der Waals surface area contributed by atoms with E-state index in [2.05, 4.69) is 24.6 Å². The van der Waals surface area contributed by atoms with E-state index in [4.69, 9.17) is 4.79 Å². The van der Waals surface area contributed by atoms with Gasteiger partial charge in [0.25, 0.3) is 0 Å². The zero-order valence-electron chi connectivity index (χ0n) is 3.98. The predicted molar refractivity (Wildman–Crippen MR) is 28.6 cm³/mol. The predicted octanol–water partition coefficient (Wildman–Crippen LogP) is -0.999. The summed E-state index contributed by atoms with van der Waals surface area (Å²) < 4.78 is 0. The molecule has 0 saturated heterocycles. The van der Waals surface area contributed by atoms with Crippen LogP contribution in [0.1, 0.15) is 0 Å². The van der Waals surface area contributed by atoms with Gasteiger partial charge in [0.2, 0.25) is 0 Å². The number of urea groups is 1. The quantitative estimate of drug-likeness (QED) is 0.380. The van der Waals surface area contributed by atoms with Crippen LogP contribution >= 0.6 is 0 Å². The molecule has 0 aromatic rings. The topological polar surface area (TPSA) is 101 Å². The maximum absolute atomic E-state index is 9.00. The van der Waals surface area contributed by atoms with Crippen molar-refractivity contribution in [2.24, 2.45) is 11.5 Å². The Hall–Kier alpha value is -1.03. The molecule has 0 aliphatic rings. The molecule has 0 radical (unpaired) electrons. The SMILES string of the molecule is C=C.NC(N)=O.O. The highest BCUT2D eigenvalue weighted by Gasteiger charge is 1.60. The minimum Gasteiger partial charge on any atom is -0.412 e. The van der Waals surface area contributed by atoms with Crippen molar-refractivity contribution in [2.75, 3.05) is 0 Å². The molecule has 0 heterocycles. The molecule has 6 N–H and O–H groups in total. The third-order valence-corrected chi connectivity index (χ3v) is 0. The normalized spacial score (nSPS) is 4.00. The number of carbonyl (C=O) groups excluding carboxylic acids is 1. The van der Waals surface area contributed by atoms with Gasteiger partial charge in [0, 0.05) is 0 Å². The number of carbonyl (C=O) groups is 1. The third kappa shape index (κ3) is 41.3. The van der Waals surface area contributed by atoms with E-state index in [9.17, 15) is 0 Å². The van der Waals surface area contributed by atoms with Gasteiger partial charge in [0.1, 0.15) is 0 Å². The summed E-state index contributed by atoms with van der Waals surface area (Å²) in [4.78, 5) is 9.00. The van der Waals surface area contributed by atoms with Gasteiger partial charge in [-0.2, -0.15) is 0 Å². The molecule has 0 atom stereocenters. The maximum atomic E-state index is 9.00. The first-order valence-corrected chi connectivity index (χ1v) is 1.28. The van der Waals surface area contributed by atoms with Crippen molar-refractivity contribution in [3.05, 3.63) is 13.2 Å². The molecule has 2 amide bonds. The summed E-state index contributed by atoms with van der Waals surface area (Å²) in [7, 11) is 0. The van der Waals surface area contributed by atoms with Gasteiger partial charge >= 0.3 is 6.03 Å².